The van der Waals surface area contributed by atoms with Gasteiger partial charge in [-0.3, -0.25) is 0 Å². The average Bonchev–Trinajstić information content (AvgIpc) is 3.40. The van der Waals surface area contributed by atoms with Crippen molar-refractivity contribution >= 4 is 34.9 Å². The summed E-state index contributed by atoms with van der Waals surface area (Å²) in [5, 5.41) is 11.4. The number of hydrogen-bond acceptors (Lipinski definition) is 8. The van der Waals surface area contributed by atoms with Crippen LogP contribution in [-0.4, -0.2) is 54.2 Å². The molecule has 1 aliphatic rings. The maximum Gasteiger partial charge on any atom is 0.451 e. The van der Waals surface area contributed by atoms with E-state index in [0.717, 1.165) is 6.20 Å². The third-order valence-corrected chi connectivity index (χ3v) is 6.99. The number of anilines is 1. The summed E-state index contributed by atoms with van der Waals surface area (Å²) >= 11 is 12.4. The lowest BCUT2D eigenvalue weighted by Crippen LogP contribution is -2.40. The van der Waals surface area contributed by atoms with Gasteiger partial charge in [0, 0.05) is 25.2 Å². The number of halogens is 5. The van der Waals surface area contributed by atoms with Crippen LogP contribution in [-0.2, 0) is 6.18 Å². The van der Waals surface area contributed by atoms with E-state index in [1.54, 1.807) is 36.9 Å². The highest BCUT2D eigenvalue weighted by Gasteiger charge is 2.35. The molecule has 1 aromatic carbocycles. The fourth-order valence-corrected chi connectivity index (χ4v) is 4.99. The zero-order chi connectivity index (χ0) is 28.6. The van der Waals surface area contributed by atoms with E-state index in [-0.39, 0.29) is 29.4 Å². The van der Waals surface area contributed by atoms with Gasteiger partial charge >= 0.3 is 12.2 Å². The topological polar surface area (TPSA) is 123 Å². The summed E-state index contributed by atoms with van der Waals surface area (Å²) in [5.41, 5.74) is 1.92. The molecule has 10 nitrogen and oxygen atoms in total. The Bertz CT molecular complexity index is 1550. The summed E-state index contributed by atoms with van der Waals surface area (Å²) in [6.45, 7) is 4.38. The second-order valence-corrected chi connectivity index (χ2v) is 9.89. The lowest BCUT2D eigenvalue weighted by Gasteiger charge is -2.32. The van der Waals surface area contributed by atoms with E-state index >= 15 is 0 Å². The Kier molecular flexibility index (Phi) is 7.60. The molecular formula is C25H21Cl2F3N8O2. The normalized spacial score (nSPS) is 14.4. The first kappa shape index (κ1) is 27.7. The molecule has 0 bridgehead atoms. The molecule has 15 heteroatoms. The molecule has 0 spiro atoms. The number of hydrogen-bond donors (Lipinski definition) is 1. The highest BCUT2D eigenvalue weighted by Crippen LogP contribution is 2.37. The van der Waals surface area contributed by atoms with Gasteiger partial charge in [-0.2, -0.15) is 13.2 Å². The van der Waals surface area contributed by atoms with Gasteiger partial charge in [-0.1, -0.05) is 29.3 Å². The van der Waals surface area contributed by atoms with Gasteiger partial charge in [-0.15, -0.1) is 10.2 Å². The van der Waals surface area contributed by atoms with Crippen molar-refractivity contribution in [1.82, 2.24) is 35.0 Å². The van der Waals surface area contributed by atoms with Crippen LogP contribution in [0.1, 0.15) is 41.8 Å². The van der Waals surface area contributed by atoms with E-state index in [4.69, 9.17) is 27.6 Å². The molecule has 1 aliphatic heterocycles. The van der Waals surface area contributed by atoms with Crippen LogP contribution in [0.15, 0.2) is 34.9 Å². The highest BCUT2D eigenvalue weighted by atomic mass is 35.5. The zero-order valence-corrected chi connectivity index (χ0v) is 22.6. The summed E-state index contributed by atoms with van der Waals surface area (Å²) < 4.78 is 45.0. The van der Waals surface area contributed by atoms with Crippen LogP contribution in [0.2, 0.25) is 10.0 Å². The number of alkyl halides is 3. The maximum absolute atomic E-state index is 13.1. The third-order valence-electron chi connectivity index (χ3n) is 6.36. The molecule has 4 heterocycles. The van der Waals surface area contributed by atoms with Gasteiger partial charge in [0.05, 0.1) is 32.7 Å². The van der Waals surface area contributed by atoms with Crippen LogP contribution in [0, 0.1) is 13.8 Å². The Morgan fingerprint density at radius 1 is 1.02 bits per heavy atom. The summed E-state index contributed by atoms with van der Waals surface area (Å²) in [5.74, 6) is -0.987. The van der Waals surface area contributed by atoms with E-state index in [0.29, 0.717) is 64.4 Å². The minimum Gasteiger partial charge on any atom is -0.414 e. The second-order valence-electron chi connectivity index (χ2n) is 9.08. The first-order valence-corrected chi connectivity index (χ1v) is 12.9. The van der Waals surface area contributed by atoms with Crippen LogP contribution in [0.5, 0.6) is 0 Å². The molecular weight excluding hydrogens is 572 g/mol. The van der Waals surface area contributed by atoms with Gasteiger partial charge < -0.3 is 14.6 Å². The van der Waals surface area contributed by atoms with Crippen LogP contribution in [0.25, 0.3) is 23.0 Å². The van der Waals surface area contributed by atoms with Crippen LogP contribution in [0.3, 0.4) is 0 Å². The van der Waals surface area contributed by atoms with Gasteiger partial charge in [0.15, 0.2) is 0 Å². The highest BCUT2D eigenvalue weighted by molar-refractivity contribution is 6.39. The molecule has 5 rings (SSSR count). The van der Waals surface area contributed by atoms with Crippen molar-refractivity contribution in [3.63, 3.8) is 0 Å². The number of para-hydroxylation sites is 1. The molecule has 1 N–H and O–H groups in total. The number of nitrogens with zero attached hydrogens (tertiary/aromatic N) is 7. The molecule has 2 amide bonds. The first-order chi connectivity index (χ1) is 19.0. The van der Waals surface area contributed by atoms with Gasteiger partial charge in [0.2, 0.25) is 5.82 Å². The Morgan fingerprint density at radius 3 is 2.38 bits per heavy atom. The third kappa shape index (κ3) is 5.70. The Balaban J connectivity index is 1.37. The first-order valence-electron chi connectivity index (χ1n) is 12.1. The molecule has 4 aromatic rings. The maximum atomic E-state index is 13.1. The Morgan fingerprint density at radius 2 is 1.70 bits per heavy atom. The predicted octanol–water partition coefficient (Wildman–Crippen LogP) is 6.34. The summed E-state index contributed by atoms with van der Waals surface area (Å²) in [4.78, 5) is 30.4. The number of benzene rings is 1. The minimum atomic E-state index is -4.72. The predicted molar refractivity (Wildman–Crippen MR) is 140 cm³/mol. The molecule has 208 valence electrons. The SMILES string of the molecule is Cc1nc(C)c(-c2nnc(-c3ccnc(C(F)(F)F)n3)o2)c(C2CCN(C(=O)Nc3c(Cl)cccc3Cl)CC2)n1. The number of urea groups is 1. The number of rotatable bonds is 4. The summed E-state index contributed by atoms with van der Waals surface area (Å²) in [6.07, 6.45) is -2.59. The van der Waals surface area contributed by atoms with Crippen molar-refractivity contribution in [2.45, 2.75) is 38.8 Å². The summed E-state index contributed by atoms with van der Waals surface area (Å²) in [6, 6.07) is 5.89. The van der Waals surface area contributed by atoms with Gasteiger partial charge in [0.25, 0.3) is 11.8 Å². The number of nitrogens with one attached hydrogen (secondary N) is 1. The van der Waals surface area contributed by atoms with E-state index in [9.17, 15) is 18.0 Å². The van der Waals surface area contributed by atoms with E-state index in [1.165, 1.54) is 6.07 Å². The van der Waals surface area contributed by atoms with Crippen molar-refractivity contribution in [1.29, 1.82) is 0 Å². The van der Waals surface area contributed by atoms with E-state index in [1.807, 2.05) is 0 Å². The molecule has 0 saturated carbocycles. The van der Waals surface area contributed by atoms with Crippen LogP contribution >= 0.6 is 23.2 Å². The number of aromatic nitrogens is 6. The van der Waals surface area contributed by atoms with Crippen molar-refractivity contribution in [3.05, 3.63) is 63.5 Å². The van der Waals surface area contributed by atoms with Crippen molar-refractivity contribution < 1.29 is 22.4 Å². The molecule has 1 fully saturated rings. The van der Waals surface area contributed by atoms with E-state index in [2.05, 4.69) is 35.5 Å². The number of aryl methyl sites for hydroxylation is 2. The number of carbonyl (C=O) groups excluding carboxylic acids is 1. The van der Waals surface area contributed by atoms with Crippen LogP contribution < -0.4 is 5.32 Å². The average molecular weight is 593 g/mol. The monoisotopic (exact) mass is 592 g/mol. The summed E-state index contributed by atoms with van der Waals surface area (Å²) in [7, 11) is 0. The molecule has 40 heavy (non-hydrogen) atoms. The lowest BCUT2D eigenvalue weighted by atomic mass is 9.90. The number of carbonyl (C=O) groups is 1. The van der Waals surface area contributed by atoms with Crippen molar-refractivity contribution in [2.75, 3.05) is 18.4 Å². The Hall–Kier alpha value is -3.84. The largest absolute Gasteiger partial charge is 0.451 e. The number of amides is 2. The van der Waals surface area contributed by atoms with Crippen LogP contribution in [0.4, 0.5) is 23.7 Å². The minimum absolute atomic E-state index is 0.0585. The molecule has 1 saturated heterocycles. The molecule has 3 aromatic heterocycles. The second kappa shape index (κ2) is 11.0. The van der Waals surface area contributed by atoms with Gasteiger partial charge in [-0.25, -0.2) is 24.7 Å². The fraction of sp³-hybridized carbons (Fsp3) is 0.320. The van der Waals surface area contributed by atoms with E-state index < -0.39 is 12.0 Å². The molecule has 0 aliphatic carbocycles. The van der Waals surface area contributed by atoms with Gasteiger partial charge in [-0.05, 0) is 44.9 Å². The fourth-order valence-electron chi connectivity index (χ4n) is 4.50. The zero-order valence-electron chi connectivity index (χ0n) is 21.1. The molecule has 0 unspecified atom stereocenters. The van der Waals surface area contributed by atoms with Crippen molar-refractivity contribution in [3.8, 4) is 23.0 Å². The van der Waals surface area contributed by atoms with Crippen molar-refractivity contribution in [2.24, 2.45) is 0 Å². The quantitative estimate of drug-likeness (QED) is 0.291. The number of likely N-dealkylation sites (tertiary alicyclic amines) is 1. The smallest absolute Gasteiger partial charge is 0.414 e. The van der Waals surface area contributed by atoms with Gasteiger partial charge in [0.1, 0.15) is 11.5 Å². The number of piperidine rings is 1. The lowest BCUT2D eigenvalue weighted by molar-refractivity contribution is -0.144. The molecule has 0 radical (unpaired) electrons. The molecule has 0 atom stereocenters. The standard InChI is InChI=1S/C25H21Cl2F3N8O2/c1-12-18(22-37-36-21(40-22)17-6-9-31-23(34-17)25(28,29)30)19(33-13(2)32-12)14-7-10-38(11-8-14)24(39)35-20-15(26)4-3-5-16(20)27/h3-6,9,14H,7-8,10-11H2,1-2H3,(H,35,39). The Labute approximate surface area is 236 Å².